The molecule has 0 N–H and O–H groups in total. The van der Waals surface area contributed by atoms with Crippen molar-refractivity contribution in [3.05, 3.63) is 48.3 Å². The summed E-state index contributed by atoms with van der Waals surface area (Å²) in [6.45, 7) is 1.30. The Kier molecular flexibility index (Phi) is 5.10. The van der Waals surface area contributed by atoms with Crippen molar-refractivity contribution in [2.24, 2.45) is 0 Å². The zero-order valence-electron chi connectivity index (χ0n) is 13.4. The summed E-state index contributed by atoms with van der Waals surface area (Å²) in [5, 5.41) is 0. The van der Waals surface area contributed by atoms with Gasteiger partial charge in [0.1, 0.15) is 12.7 Å². The van der Waals surface area contributed by atoms with Crippen molar-refractivity contribution in [3.63, 3.8) is 0 Å². The fourth-order valence-corrected chi connectivity index (χ4v) is 2.49. The van der Waals surface area contributed by atoms with E-state index in [9.17, 15) is 4.79 Å². The fraction of sp³-hybridized carbons (Fsp3) is 0.353. The van der Waals surface area contributed by atoms with Crippen LogP contribution >= 0.6 is 0 Å². The number of amides is 1. The van der Waals surface area contributed by atoms with Crippen LogP contribution in [0, 0.1) is 0 Å². The monoisotopic (exact) mass is 329 g/mol. The lowest BCUT2D eigenvalue weighted by molar-refractivity contribution is 0.0984. The first-order valence-electron chi connectivity index (χ1n) is 7.73. The lowest BCUT2D eigenvalue weighted by Gasteiger charge is -2.17. The molecule has 0 bridgehead atoms. The number of methoxy groups -OCH3 is 1. The Morgan fingerprint density at radius 2 is 1.96 bits per heavy atom. The molecular weight excluding hydrogens is 310 g/mol. The summed E-state index contributed by atoms with van der Waals surface area (Å²) in [4.78, 5) is 21.9. The number of carbonyl (C=O) groups is 1. The van der Waals surface area contributed by atoms with Crippen molar-refractivity contribution in [2.45, 2.75) is 19.1 Å². The zero-order chi connectivity index (χ0) is 16.8. The number of hydrogen-bond acceptors (Lipinski definition) is 6. The van der Waals surface area contributed by atoms with Gasteiger partial charge in [-0.2, -0.15) is 0 Å². The van der Waals surface area contributed by atoms with E-state index in [1.165, 1.54) is 13.3 Å². The Morgan fingerprint density at radius 1 is 1.21 bits per heavy atom. The molecule has 7 heteroatoms. The number of aromatic nitrogens is 2. The predicted molar refractivity (Wildman–Crippen MR) is 85.8 cm³/mol. The quantitative estimate of drug-likeness (QED) is 0.838. The molecule has 24 heavy (non-hydrogen) atoms. The zero-order valence-corrected chi connectivity index (χ0v) is 13.4. The maximum absolute atomic E-state index is 12.1. The smallest absolute Gasteiger partial charge is 0.410 e. The van der Waals surface area contributed by atoms with Crippen LogP contribution in [-0.4, -0.2) is 47.3 Å². The lowest BCUT2D eigenvalue weighted by atomic mass is 10.2. The molecule has 0 saturated carbocycles. The summed E-state index contributed by atoms with van der Waals surface area (Å²) in [5.74, 6) is 0.673. The standard InChI is InChI=1S/C17H19N3O4/c1-22-15-16(19-9-8-18-15)24-14-7-10-20(11-14)17(21)23-12-13-5-3-2-4-6-13/h2-6,8-9,14H,7,10-12H2,1H3. The second-order valence-corrected chi connectivity index (χ2v) is 5.39. The van der Waals surface area contributed by atoms with E-state index < -0.39 is 0 Å². The van der Waals surface area contributed by atoms with E-state index >= 15 is 0 Å². The average Bonchev–Trinajstić information content (AvgIpc) is 3.10. The molecule has 1 aliphatic rings. The van der Waals surface area contributed by atoms with Crippen LogP contribution in [0.3, 0.4) is 0 Å². The first-order chi connectivity index (χ1) is 11.8. The van der Waals surface area contributed by atoms with E-state index in [1.807, 2.05) is 30.3 Å². The first kappa shape index (κ1) is 16.0. The molecule has 0 aliphatic carbocycles. The average molecular weight is 329 g/mol. The fourth-order valence-electron chi connectivity index (χ4n) is 2.49. The largest absolute Gasteiger partial charge is 0.477 e. The summed E-state index contributed by atoms with van der Waals surface area (Å²) < 4.78 is 16.2. The highest BCUT2D eigenvalue weighted by Crippen LogP contribution is 2.24. The molecule has 3 rings (SSSR count). The molecule has 1 aliphatic heterocycles. The van der Waals surface area contributed by atoms with Crippen LogP contribution in [0.4, 0.5) is 4.79 Å². The van der Waals surface area contributed by atoms with E-state index in [2.05, 4.69) is 9.97 Å². The van der Waals surface area contributed by atoms with Gasteiger partial charge in [0.2, 0.25) is 0 Å². The number of carbonyl (C=O) groups excluding carboxylic acids is 1. The van der Waals surface area contributed by atoms with Crippen molar-refractivity contribution in [1.82, 2.24) is 14.9 Å². The van der Waals surface area contributed by atoms with E-state index in [0.717, 1.165) is 5.56 Å². The molecule has 126 valence electrons. The summed E-state index contributed by atoms with van der Waals surface area (Å²) in [5.41, 5.74) is 0.960. The van der Waals surface area contributed by atoms with Gasteiger partial charge in [-0.1, -0.05) is 30.3 Å². The molecule has 1 amide bonds. The van der Waals surface area contributed by atoms with Gasteiger partial charge in [-0.05, 0) is 5.56 Å². The molecule has 1 fully saturated rings. The van der Waals surface area contributed by atoms with Gasteiger partial charge < -0.3 is 19.1 Å². The van der Waals surface area contributed by atoms with Gasteiger partial charge in [0.25, 0.3) is 11.8 Å². The number of likely N-dealkylation sites (tertiary alicyclic amines) is 1. The minimum absolute atomic E-state index is 0.153. The third kappa shape index (κ3) is 3.92. The number of hydrogen-bond donors (Lipinski definition) is 0. The van der Waals surface area contributed by atoms with Crippen molar-refractivity contribution >= 4 is 6.09 Å². The molecule has 1 aromatic carbocycles. The number of nitrogens with zero attached hydrogens (tertiary/aromatic N) is 3. The van der Waals surface area contributed by atoms with Gasteiger partial charge in [-0.15, -0.1) is 0 Å². The molecule has 0 radical (unpaired) electrons. The molecule has 1 atom stereocenters. The minimum atomic E-state index is -0.337. The molecular formula is C17H19N3O4. The Morgan fingerprint density at radius 3 is 2.71 bits per heavy atom. The van der Waals surface area contributed by atoms with E-state index in [0.29, 0.717) is 31.3 Å². The Hall–Kier alpha value is -2.83. The van der Waals surface area contributed by atoms with Gasteiger partial charge in [-0.25, -0.2) is 14.8 Å². The van der Waals surface area contributed by atoms with Gasteiger partial charge in [0.15, 0.2) is 0 Å². The van der Waals surface area contributed by atoms with Crippen LogP contribution in [0.15, 0.2) is 42.7 Å². The molecule has 2 aromatic rings. The van der Waals surface area contributed by atoms with Crippen LogP contribution in [0.1, 0.15) is 12.0 Å². The Labute approximate surface area is 140 Å². The third-order valence-electron chi connectivity index (χ3n) is 3.71. The predicted octanol–water partition coefficient (Wildman–Crippen LogP) is 2.28. The Bertz CT molecular complexity index is 681. The summed E-state index contributed by atoms with van der Waals surface area (Å²) in [6.07, 6.45) is 3.29. The highest BCUT2D eigenvalue weighted by atomic mass is 16.6. The van der Waals surface area contributed by atoms with Crippen molar-refractivity contribution in [3.8, 4) is 11.8 Å². The highest BCUT2D eigenvalue weighted by molar-refractivity contribution is 5.68. The summed E-state index contributed by atoms with van der Waals surface area (Å²) in [7, 11) is 1.51. The van der Waals surface area contributed by atoms with E-state index in [-0.39, 0.29) is 18.8 Å². The third-order valence-corrected chi connectivity index (χ3v) is 3.71. The normalized spacial score (nSPS) is 16.7. The summed E-state index contributed by atoms with van der Waals surface area (Å²) >= 11 is 0. The number of ether oxygens (including phenoxy) is 3. The van der Waals surface area contributed by atoms with Crippen LogP contribution in [0.25, 0.3) is 0 Å². The van der Waals surface area contributed by atoms with Crippen LogP contribution < -0.4 is 9.47 Å². The molecule has 1 saturated heterocycles. The first-order valence-corrected chi connectivity index (χ1v) is 7.73. The van der Waals surface area contributed by atoms with E-state index in [1.54, 1.807) is 11.1 Å². The maximum atomic E-state index is 12.1. The van der Waals surface area contributed by atoms with Crippen LogP contribution in [0.2, 0.25) is 0 Å². The van der Waals surface area contributed by atoms with Crippen LogP contribution in [0.5, 0.6) is 11.8 Å². The van der Waals surface area contributed by atoms with E-state index in [4.69, 9.17) is 14.2 Å². The topological polar surface area (TPSA) is 73.8 Å². The lowest BCUT2D eigenvalue weighted by Crippen LogP contribution is -2.31. The van der Waals surface area contributed by atoms with Gasteiger partial charge in [-0.3, -0.25) is 0 Å². The minimum Gasteiger partial charge on any atom is -0.477 e. The van der Waals surface area contributed by atoms with Crippen molar-refractivity contribution < 1.29 is 19.0 Å². The van der Waals surface area contributed by atoms with Crippen molar-refractivity contribution in [2.75, 3.05) is 20.2 Å². The van der Waals surface area contributed by atoms with Crippen molar-refractivity contribution in [1.29, 1.82) is 0 Å². The number of rotatable bonds is 5. The van der Waals surface area contributed by atoms with Gasteiger partial charge in [0.05, 0.1) is 13.7 Å². The molecule has 1 aromatic heterocycles. The Balaban J connectivity index is 1.50. The summed E-state index contributed by atoms with van der Waals surface area (Å²) in [6, 6.07) is 9.59. The second-order valence-electron chi connectivity index (χ2n) is 5.39. The molecule has 7 nitrogen and oxygen atoms in total. The highest BCUT2D eigenvalue weighted by Gasteiger charge is 2.29. The SMILES string of the molecule is COc1nccnc1OC1CCN(C(=O)OCc2ccccc2)C1. The van der Waals surface area contributed by atoms with Gasteiger partial charge >= 0.3 is 6.09 Å². The molecule has 2 heterocycles. The maximum Gasteiger partial charge on any atom is 0.410 e. The number of benzene rings is 1. The second kappa shape index (κ2) is 7.63. The molecule has 0 spiro atoms. The molecule has 1 unspecified atom stereocenters. The van der Waals surface area contributed by atoms with Crippen LogP contribution in [-0.2, 0) is 11.3 Å². The van der Waals surface area contributed by atoms with Gasteiger partial charge in [0, 0.05) is 25.4 Å².